The highest BCUT2D eigenvalue weighted by atomic mass is 19.4. The van der Waals surface area contributed by atoms with Crippen molar-refractivity contribution in [3.05, 3.63) is 71.8 Å². The second-order valence-electron chi connectivity index (χ2n) is 7.51. The lowest BCUT2D eigenvalue weighted by atomic mass is 9.91. The van der Waals surface area contributed by atoms with Crippen molar-refractivity contribution in [3.63, 3.8) is 0 Å². The van der Waals surface area contributed by atoms with Crippen molar-refractivity contribution >= 4 is 6.09 Å². The average Bonchev–Trinajstić information content (AvgIpc) is 2.76. The third-order valence-electron chi connectivity index (χ3n) is 5.20. The summed E-state index contributed by atoms with van der Waals surface area (Å²) in [6.07, 6.45) is -3.04. The van der Waals surface area contributed by atoms with E-state index in [-0.39, 0.29) is 12.6 Å². The first-order valence-corrected chi connectivity index (χ1v) is 10.1. The quantitative estimate of drug-likeness (QED) is 0.574. The van der Waals surface area contributed by atoms with Crippen LogP contribution >= 0.6 is 0 Å². The summed E-state index contributed by atoms with van der Waals surface area (Å²) < 4.78 is 47.7. The second kappa shape index (κ2) is 10.5. The standard InChI is InChI=1S/C23H26F3NO3/c24-23(25,26)17-30-21-13-11-20(12-14-21)27(15-18-7-3-1-4-8-18)22(28)29-16-19-9-5-2-6-10-19/h1-10,20-21H,11-17H2. The Morgan fingerprint density at radius 1 is 0.900 bits per heavy atom. The fourth-order valence-corrected chi connectivity index (χ4v) is 3.66. The van der Waals surface area contributed by atoms with E-state index >= 15 is 0 Å². The molecule has 0 atom stereocenters. The van der Waals surface area contributed by atoms with E-state index in [0.717, 1.165) is 11.1 Å². The summed E-state index contributed by atoms with van der Waals surface area (Å²) in [6, 6.07) is 18.9. The fraction of sp³-hybridized carbons (Fsp3) is 0.435. The molecule has 30 heavy (non-hydrogen) atoms. The van der Waals surface area contributed by atoms with Crippen LogP contribution in [0, 0.1) is 0 Å². The molecule has 162 valence electrons. The Kier molecular flexibility index (Phi) is 7.74. The number of nitrogens with zero attached hydrogens (tertiary/aromatic N) is 1. The molecular weight excluding hydrogens is 395 g/mol. The predicted molar refractivity (Wildman–Crippen MR) is 107 cm³/mol. The zero-order valence-corrected chi connectivity index (χ0v) is 16.7. The molecule has 7 heteroatoms. The Morgan fingerprint density at radius 3 is 2.03 bits per heavy atom. The van der Waals surface area contributed by atoms with Gasteiger partial charge in [0.2, 0.25) is 0 Å². The van der Waals surface area contributed by atoms with E-state index in [2.05, 4.69) is 0 Å². The Labute approximate surface area is 174 Å². The Hall–Kier alpha value is -2.54. The lowest BCUT2D eigenvalue weighted by Gasteiger charge is -2.36. The fourth-order valence-electron chi connectivity index (χ4n) is 3.66. The number of hydrogen-bond donors (Lipinski definition) is 0. The van der Waals surface area contributed by atoms with Crippen molar-refractivity contribution in [1.29, 1.82) is 0 Å². The van der Waals surface area contributed by atoms with Gasteiger partial charge in [-0.15, -0.1) is 0 Å². The summed E-state index contributed by atoms with van der Waals surface area (Å²) in [6.45, 7) is -0.655. The minimum Gasteiger partial charge on any atom is -0.445 e. The van der Waals surface area contributed by atoms with Gasteiger partial charge in [-0.05, 0) is 36.8 Å². The molecule has 0 aliphatic heterocycles. The normalized spacial score (nSPS) is 19.3. The highest BCUT2D eigenvalue weighted by molar-refractivity contribution is 5.68. The first-order chi connectivity index (χ1) is 14.4. The van der Waals surface area contributed by atoms with E-state index in [1.807, 2.05) is 60.7 Å². The first kappa shape index (κ1) is 22.2. The van der Waals surface area contributed by atoms with Gasteiger partial charge >= 0.3 is 12.3 Å². The molecule has 0 unspecified atom stereocenters. The third-order valence-corrected chi connectivity index (χ3v) is 5.20. The molecule has 1 aliphatic carbocycles. The highest BCUT2D eigenvalue weighted by Gasteiger charge is 2.33. The van der Waals surface area contributed by atoms with Gasteiger partial charge in [0, 0.05) is 12.6 Å². The molecule has 0 radical (unpaired) electrons. The molecule has 0 saturated heterocycles. The van der Waals surface area contributed by atoms with Gasteiger partial charge in [0.05, 0.1) is 6.10 Å². The van der Waals surface area contributed by atoms with Gasteiger partial charge in [-0.2, -0.15) is 13.2 Å². The number of carbonyl (C=O) groups excluding carboxylic acids is 1. The third kappa shape index (κ3) is 7.06. The van der Waals surface area contributed by atoms with Gasteiger partial charge in [0.1, 0.15) is 13.2 Å². The topological polar surface area (TPSA) is 38.8 Å². The van der Waals surface area contributed by atoms with Gasteiger partial charge in [-0.1, -0.05) is 60.7 Å². The molecule has 1 fully saturated rings. The van der Waals surface area contributed by atoms with Gasteiger partial charge in [0.25, 0.3) is 0 Å². The highest BCUT2D eigenvalue weighted by Crippen LogP contribution is 2.28. The summed E-state index contributed by atoms with van der Waals surface area (Å²) in [5, 5.41) is 0. The molecule has 1 aliphatic rings. The summed E-state index contributed by atoms with van der Waals surface area (Å²) in [7, 11) is 0. The van der Waals surface area contributed by atoms with Crippen LogP contribution in [0.5, 0.6) is 0 Å². The van der Waals surface area contributed by atoms with Crippen LogP contribution in [0.25, 0.3) is 0 Å². The van der Waals surface area contributed by atoms with E-state index in [4.69, 9.17) is 9.47 Å². The van der Waals surface area contributed by atoms with Crippen LogP contribution < -0.4 is 0 Å². The zero-order chi connectivity index (χ0) is 21.4. The zero-order valence-electron chi connectivity index (χ0n) is 16.7. The minimum atomic E-state index is -4.32. The smallest absolute Gasteiger partial charge is 0.411 e. The van der Waals surface area contributed by atoms with Crippen molar-refractivity contribution in [2.24, 2.45) is 0 Å². The second-order valence-corrected chi connectivity index (χ2v) is 7.51. The number of benzene rings is 2. The van der Waals surface area contributed by atoms with Crippen molar-refractivity contribution in [3.8, 4) is 0 Å². The number of carbonyl (C=O) groups is 1. The number of hydrogen-bond acceptors (Lipinski definition) is 3. The molecular formula is C23H26F3NO3. The monoisotopic (exact) mass is 421 g/mol. The Bertz CT molecular complexity index is 775. The molecule has 2 aromatic carbocycles. The maximum absolute atomic E-state index is 12.9. The maximum atomic E-state index is 12.9. The van der Waals surface area contributed by atoms with Gasteiger partial charge in [-0.3, -0.25) is 0 Å². The van der Waals surface area contributed by atoms with Crippen molar-refractivity contribution in [1.82, 2.24) is 4.90 Å². The van der Waals surface area contributed by atoms with E-state index in [1.165, 1.54) is 0 Å². The predicted octanol–water partition coefficient (Wildman–Crippen LogP) is 5.72. The first-order valence-electron chi connectivity index (χ1n) is 10.1. The van der Waals surface area contributed by atoms with Gasteiger partial charge in [-0.25, -0.2) is 4.79 Å². The van der Waals surface area contributed by atoms with Crippen LogP contribution in [0.4, 0.5) is 18.0 Å². The molecule has 2 aromatic rings. The molecule has 3 rings (SSSR count). The average molecular weight is 421 g/mol. The van der Waals surface area contributed by atoms with E-state index < -0.39 is 25.0 Å². The summed E-state index contributed by atoms with van der Waals surface area (Å²) in [5.74, 6) is 0. The van der Waals surface area contributed by atoms with Crippen molar-refractivity contribution in [2.45, 2.75) is 57.2 Å². The lowest BCUT2D eigenvalue weighted by Crippen LogP contribution is -2.43. The molecule has 4 nitrogen and oxygen atoms in total. The number of rotatable bonds is 7. The molecule has 1 saturated carbocycles. The SMILES string of the molecule is O=C(OCc1ccccc1)N(Cc1ccccc1)C1CCC(OCC(F)(F)F)CC1. The van der Waals surface area contributed by atoms with Crippen LogP contribution in [0.3, 0.4) is 0 Å². The molecule has 0 N–H and O–H groups in total. The van der Waals surface area contributed by atoms with Crippen LogP contribution in [-0.2, 0) is 22.6 Å². The molecule has 0 heterocycles. The summed E-state index contributed by atoms with van der Waals surface area (Å²) in [4.78, 5) is 14.6. The number of ether oxygens (including phenoxy) is 2. The van der Waals surface area contributed by atoms with Crippen LogP contribution in [0.15, 0.2) is 60.7 Å². The lowest BCUT2D eigenvalue weighted by molar-refractivity contribution is -0.188. The van der Waals surface area contributed by atoms with Crippen molar-refractivity contribution in [2.75, 3.05) is 6.61 Å². The minimum absolute atomic E-state index is 0.0979. The number of halogens is 3. The summed E-state index contributed by atoms with van der Waals surface area (Å²) in [5.41, 5.74) is 1.87. The largest absolute Gasteiger partial charge is 0.445 e. The maximum Gasteiger partial charge on any atom is 0.411 e. The van der Waals surface area contributed by atoms with E-state index in [9.17, 15) is 18.0 Å². The van der Waals surface area contributed by atoms with Crippen molar-refractivity contribution < 1.29 is 27.4 Å². The van der Waals surface area contributed by atoms with Crippen LogP contribution in [-0.4, -0.2) is 35.9 Å². The van der Waals surface area contributed by atoms with Gasteiger partial charge in [0.15, 0.2) is 0 Å². The molecule has 0 aromatic heterocycles. The summed E-state index contributed by atoms with van der Waals surface area (Å²) >= 11 is 0. The van der Waals surface area contributed by atoms with Gasteiger partial charge < -0.3 is 14.4 Å². The molecule has 1 amide bonds. The van der Waals surface area contributed by atoms with E-state index in [1.54, 1.807) is 4.90 Å². The molecule has 0 bridgehead atoms. The molecule has 0 spiro atoms. The van der Waals surface area contributed by atoms with Crippen LogP contribution in [0.2, 0.25) is 0 Å². The Morgan fingerprint density at radius 2 is 1.47 bits per heavy atom. The number of alkyl halides is 3. The van der Waals surface area contributed by atoms with Crippen LogP contribution in [0.1, 0.15) is 36.8 Å². The Balaban J connectivity index is 1.60. The van der Waals surface area contributed by atoms with E-state index in [0.29, 0.717) is 32.2 Å². The number of amides is 1.